The third kappa shape index (κ3) is 3.91. The molecule has 0 saturated heterocycles. The van der Waals surface area contributed by atoms with Gasteiger partial charge in [-0.05, 0) is 57.1 Å². The highest BCUT2D eigenvalue weighted by Gasteiger charge is 2.04. The number of hydrogen-bond donors (Lipinski definition) is 1. The summed E-state index contributed by atoms with van der Waals surface area (Å²) in [6, 6.07) is 6.17. The molecule has 104 valence electrons. The van der Waals surface area contributed by atoms with Crippen LogP contribution in [-0.4, -0.2) is 22.3 Å². The summed E-state index contributed by atoms with van der Waals surface area (Å²) in [6.07, 6.45) is 2.44. The Bertz CT molecular complexity index is 603. The number of halogens is 1. The number of H-pyrrole nitrogens is 1. The predicted molar refractivity (Wildman–Crippen MR) is 85.1 cm³/mol. The molecule has 0 fully saturated rings. The Morgan fingerprint density at radius 2 is 2.16 bits per heavy atom. The molecule has 0 bridgehead atoms. The minimum atomic E-state index is 0.311. The lowest BCUT2D eigenvalue weighted by atomic mass is 10.3. The molecule has 1 aromatic carbocycles. The maximum Gasteiger partial charge on any atom is 0.178 e. The highest BCUT2D eigenvalue weighted by molar-refractivity contribution is 9.10. The van der Waals surface area contributed by atoms with Crippen molar-refractivity contribution in [3.05, 3.63) is 27.4 Å². The number of hydrogen-bond acceptors (Lipinski definition) is 2. The van der Waals surface area contributed by atoms with E-state index in [1.807, 2.05) is 12.1 Å². The average molecular weight is 343 g/mol. The van der Waals surface area contributed by atoms with Crippen LogP contribution in [0.15, 0.2) is 22.7 Å². The van der Waals surface area contributed by atoms with Crippen LogP contribution in [0.2, 0.25) is 0 Å². The average Bonchev–Trinajstić information content (AvgIpc) is 2.65. The van der Waals surface area contributed by atoms with Gasteiger partial charge in [0.2, 0.25) is 0 Å². The summed E-state index contributed by atoms with van der Waals surface area (Å²) in [7, 11) is 0. The van der Waals surface area contributed by atoms with E-state index in [1.165, 1.54) is 0 Å². The van der Waals surface area contributed by atoms with E-state index in [4.69, 9.17) is 17.0 Å². The molecule has 2 rings (SSSR count). The first-order chi connectivity index (χ1) is 9.08. The van der Waals surface area contributed by atoms with Crippen molar-refractivity contribution >= 4 is 39.2 Å². The minimum absolute atomic E-state index is 0.311. The molecule has 1 heterocycles. The molecule has 1 aromatic heterocycles. The standard InChI is InChI=1S/C14H19BrN2OS/c1-10(2)18-8-4-3-7-17-13-9-11(15)5-6-12(13)16-14(17)19/h5-6,9-10H,3-4,7-8H2,1-2H3,(H,16,19). The maximum absolute atomic E-state index is 5.55. The first-order valence-corrected chi connectivity index (χ1v) is 7.77. The van der Waals surface area contributed by atoms with E-state index in [0.717, 1.165) is 46.3 Å². The highest BCUT2D eigenvalue weighted by Crippen LogP contribution is 2.20. The number of ether oxygens (including phenoxy) is 1. The summed E-state index contributed by atoms with van der Waals surface area (Å²) in [5, 5.41) is 0. The van der Waals surface area contributed by atoms with Crippen LogP contribution in [-0.2, 0) is 11.3 Å². The fourth-order valence-corrected chi connectivity index (χ4v) is 2.69. The second-order valence-corrected chi connectivity index (χ2v) is 6.17. The smallest absolute Gasteiger partial charge is 0.178 e. The van der Waals surface area contributed by atoms with Gasteiger partial charge < -0.3 is 14.3 Å². The number of nitrogens with one attached hydrogen (secondary N) is 1. The van der Waals surface area contributed by atoms with E-state index in [2.05, 4.69) is 45.4 Å². The van der Waals surface area contributed by atoms with Crippen LogP contribution in [0.5, 0.6) is 0 Å². The van der Waals surface area contributed by atoms with Crippen LogP contribution in [0, 0.1) is 4.77 Å². The molecule has 19 heavy (non-hydrogen) atoms. The highest BCUT2D eigenvalue weighted by atomic mass is 79.9. The number of rotatable bonds is 6. The lowest BCUT2D eigenvalue weighted by Crippen LogP contribution is -2.05. The summed E-state index contributed by atoms with van der Waals surface area (Å²) in [5.41, 5.74) is 2.25. The fourth-order valence-electron chi connectivity index (χ4n) is 2.04. The lowest BCUT2D eigenvalue weighted by Gasteiger charge is -2.08. The van der Waals surface area contributed by atoms with Crippen molar-refractivity contribution in [2.75, 3.05) is 6.61 Å². The molecule has 0 aliphatic heterocycles. The summed E-state index contributed by atoms with van der Waals surface area (Å²) in [5.74, 6) is 0. The maximum atomic E-state index is 5.55. The van der Waals surface area contributed by atoms with E-state index < -0.39 is 0 Å². The largest absolute Gasteiger partial charge is 0.379 e. The van der Waals surface area contributed by atoms with Crippen molar-refractivity contribution in [3.8, 4) is 0 Å². The van der Waals surface area contributed by atoms with Crippen molar-refractivity contribution in [1.29, 1.82) is 0 Å². The van der Waals surface area contributed by atoms with Gasteiger partial charge in [-0.15, -0.1) is 0 Å². The van der Waals surface area contributed by atoms with Crippen molar-refractivity contribution in [3.63, 3.8) is 0 Å². The number of aromatic nitrogens is 2. The number of unbranched alkanes of at least 4 members (excludes halogenated alkanes) is 1. The summed E-state index contributed by atoms with van der Waals surface area (Å²) in [4.78, 5) is 3.24. The van der Waals surface area contributed by atoms with Gasteiger partial charge in [0.05, 0.1) is 17.1 Å². The molecule has 0 amide bonds. The first-order valence-electron chi connectivity index (χ1n) is 6.57. The normalized spacial score (nSPS) is 11.6. The van der Waals surface area contributed by atoms with Gasteiger partial charge in [-0.25, -0.2) is 0 Å². The van der Waals surface area contributed by atoms with Crippen LogP contribution in [0.1, 0.15) is 26.7 Å². The Labute approximate surface area is 127 Å². The zero-order chi connectivity index (χ0) is 13.8. The van der Waals surface area contributed by atoms with E-state index in [1.54, 1.807) is 0 Å². The SMILES string of the molecule is CC(C)OCCCCn1c(=S)[nH]c2ccc(Br)cc21. The number of imidazole rings is 1. The van der Waals surface area contributed by atoms with Gasteiger partial charge in [0.1, 0.15) is 0 Å². The monoisotopic (exact) mass is 342 g/mol. The van der Waals surface area contributed by atoms with E-state index in [9.17, 15) is 0 Å². The van der Waals surface area contributed by atoms with Gasteiger partial charge in [-0.1, -0.05) is 15.9 Å². The van der Waals surface area contributed by atoms with Gasteiger partial charge in [0.25, 0.3) is 0 Å². The number of benzene rings is 1. The Balaban J connectivity index is 2.02. The van der Waals surface area contributed by atoms with Crippen LogP contribution < -0.4 is 0 Å². The van der Waals surface area contributed by atoms with E-state index in [0.29, 0.717) is 6.10 Å². The Morgan fingerprint density at radius 3 is 2.89 bits per heavy atom. The fraction of sp³-hybridized carbons (Fsp3) is 0.500. The predicted octanol–water partition coefficient (Wildman–Crippen LogP) is 4.67. The number of fused-ring (bicyclic) bond motifs is 1. The molecule has 0 aliphatic rings. The molecule has 0 saturated carbocycles. The zero-order valence-electron chi connectivity index (χ0n) is 11.3. The molecular formula is C14H19BrN2OS. The van der Waals surface area contributed by atoms with Gasteiger partial charge in [0.15, 0.2) is 4.77 Å². The number of aromatic amines is 1. The lowest BCUT2D eigenvalue weighted by molar-refractivity contribution is 0.0755. The summed E-state index contributed by atoms with van der Waals surface area (Å²) >= 11 is 8.88. The van der Waals surface area contributed by atoms with Gasteiger partial charge in [-0.2, -0.15) is 0 Å². The zero-order valence-corrected chi connectivity index (χ0v) is 13.7. The van der Waals surface area contributed by atoms with Crippen LogP contribution in [0.4, 0.5) is 0 Å². The molecule has 0 aliphatic carbocycles. The van der Waals surface area contributed by atoms with E-state index in [-0.39, 0.29) is 0 Å². The van der Waals surface area contributed by atoms with Crippen molar-refractivity contribution < 1.29 is 4.74 Å². The Morgan fingerprint density at radius 1 is 1.37 bits per heavy atom. The van der Waals surface area contributed by atoms with Crippen molar-refractivity contribution in [2.24, 2.45) is 0 Å². The molecule has 0 atom stereocenters. The number of nitrogens with zero attached hydrogens (tertiary/aromatic N) is 1. The summed E-state index contributed by atoms with van der Waals surface area (Å²) in [6.45, 7) is 5.87. The first kappa shape index (κ1) is 14.8. The van der Waals surface area contributed by atoms with Crippen LogP contribution in [0.25, 0.3) is 11.0 Å². The molecule has 5 heteroatoms. The molecule has 0 radical (unpaired) electrons. The quantitative estimate of drug-likeness (QED) is 0.610. The van der Waals surface area contributed by atoms with Crippen LogP contribution >= 0.6 is 28.1 Å². The molecule has 2 aromatic rings. The van der Waals surface area contributed by atoms with Gasteiger partial charge in [0, 0.05) is 17.6 Å². The van der Waals surface area contributed by atoms with E-state index >= 15 is 0 Å². The van der Waals surface area contributed by atoms with Gasteiger partial charge >= 0.3 is 0 Å². The third-order valence-corrected chi connectivity index (χ3v) is 3.78. The molecular weight excluding hydrogens is 324 g/mol. The molecule has 0 unspecified atom stereocenters. The molecule has 1 N–H and O–H groups in total. The van der Waals surface area contributed by atoms with Crippen LogP contribution in [0.3, 0.4) is 0 Å². The molecule has 0 spiro atoms. The Kier molecular flexibility index (Phi) is 5.19. The van der Waals surface area contributed by atoms with Crippen molar-refractivity contribution in [2.45, 2.75) is 39.3 Å². The topological polar surface area (TPSA) is 29.9 Å². The Hall–Kier alpha value is -0.650. The number of aryl methyl sites for hydroxylation is 1. The van der Waals surface area contributed by atoms with Crippen molar-refractivity contribution in [1.82, 2.24) is 9.55 Å². The second-order valence-electron chi connectivity index (χ2n) is 4.87. The second kappa shape index (κ2) is 6.68. The summed E-state index contributed by atoms with van der Waals surface area (Å²) < 4.78 is 9.57. The third-order valence-electron chi connectivity index (χ3n) is 2.96. The minimum Gasteiger partial charge on any atom is -0.379 e. The van der Waals surface area contributed by atoms with Gasteiger partial charge in [-0.3, -0.25) is 0 Å². The molecule has 3 nitrogen and oxygen atoms in total.